The van der Waals surface area contributed by atoms with E-state index in [4.69, 9.17) is 0 Å². The lowest BCUT2D eigenvalue weighted by Gasteiger charge is -2.17. The van der Waals surface area contributed by atoms with E-state index < -0.39 is 0 Å². The van der Waals surface area contributed by atoms with Crippen LogP contribution < -0.4 is 5.32 Å². The van der Waals surface area contributed by atoms with Crippen LogP contribution in [0.15, 0.2) is 54.3 Å². The molecule has 78 valence electrons. The van der Waals surface area contributed by atoms with Crippen molar-refractivity contribution in [1.82, 2.24) is 0 Å². The molecule has 1 aliphatic heterocycles. The van der Waals surface area contributed by atoms with Gasteiger partial charge in [0, 0.05) is 11.1 Å². The first-order valence-electron chi connectivity index (χ1n) is 5.42. The van der Waals surface area contributed by atoms with E-state index in [0.29, 0.717) is 0 Å². The van der Waals surface area contributed by atoms with Gasteiger partial charge in [-0.25, -0.2) is 10.1 Å². The zero-order chi connectivity index (χ0) is 11.0. The molecule has 1 aromatic carbocycles. The number of hydrogen-bond acceptors (Lipinski definition) is 1. The molecule has 1 aliphatic carbocycles. The maximum Gasteiger partial charge on any atom is 0.348 e. The number of nitrogens with two attached hydrogens (primary N) is 1. The van der Waals surface area contributed by atoms with Crippen LogP contribution >= 0.6 is 0 Å². The van der Waals surface area contributed by atoms with Crippen LogP contribution in [0.25, 0.3) is 5.57 Å². The van der Waals surface area contributed by atoms with Gasteiger partial charge in [0.05, 0.1) is 5.56 Å². The highest BCUT2D eigenvalue weighted by molar-refractivity contribution is 5.99. The summed E-state index contributed by atoms with van der Waals surface area (Å²) in [5.74, 6) is 0.106. The number of fused-ring (bicyclic) bond motifs is 3. The van der Waals surface area contributed by atoms with E-state index in [2.05, 4.69) is 12.2 Å². The summed E-state index contributed by atoms with van der Waals surface area (Å²) in [6.45, 7) is 0. The first-order valence-corrected chi connectivity index (χ1v) is 5.42. The Labute approximate surface area is 94.0 Å². The van der Waals surface area contributed by atoms with Gasteiger partial charge >= 0.3 is 5.91 Å². The van der Waals surface area contributed by atoms with Gasteiger partial charge in [-0.05, 0) is 18.6 Å². The minimum absolute atomic E-state index is 0.106. The van der Waals surface area contributed by atoms with Gasteiger partial charge in [-0.15, -0.1) is 0 Å². The minimum Gasteiger partial charge on any atom is -0.246 e. The number of quaternary nitrogens is 1. The highest BCUT2D eigenvalue weighted by atomic mass is 16.1. The Bertz CT molecular complexity index is 550. The largest absolute Gasteiger partial charge is 0.348 e. The zero-order valence-corrected chi connectivity index (χ0v) is 8.81. The van der Waals surface area contributed by atoms with Crippen LogP contribution in [0, 0.1) is 0 Å². The third-order valence-electron chi connectivity index (χ3n) is 2.95. The van der Waals surface area contributed by atoms with Crippen molar-refractivity contribution in [1.29, 1.82) is 0 Å². The molecule has 1 heterocycles. The molecule has 2 N–H and O–H groups in total. The molecule has 16 heavy (non-hydrogen) atoms. The SMILES string of the molecule is O=C1[NH2+]C2=CC=CCC=C2c2ccccc21. The lowest BCUT2D eigenvalue weighted by Crippen LogP contribution is -2.87. The third kappa shape index (κ3) is 1.35. The minimum atomic E-state index is 0.106. The van der Waals surface area contributed by atoms with Gasteiger partial charge in [0.1, 0.15) is 5.70 Å². The number of carbonyl (C=O) groups is 1. The Morgan fingerprint density at radius 2 is 1.94 bits per heavy atom. The highest BCUT2D eigenvalue weighted by Crippen LogP contribution is 2.27. The molecule has 0 bridgehead atoms. The number of benzene rings is 1. The maximum atomic E-state index is 11.9. The van der Waals surface area contributed by atoms with Crippen molar-refractivity contribution in [2.24, 2.45) is 0 Å². The Morgan fingerprint density at radius 3 is 2.81 bits per heavy atom. The van der Waals surface area contributed by atoms with Gasteiger partial charge < -0.3 is 0 Å². The number of rotatable bonds is 0. The van der Waals surface area contributed by atoms with E-state index in [1.807, 2.05) is 36.4 Å². The van der Waals surface area contributed by atoms with Gasteiger partial charge in [0.2, 0.25) is 0 Å². The second-order valence-electron chi connectivity index (χ2n) is 3.96. The third-order valence-corrected chi connectivity index (χ3v) is 2.95. The highest BCUT2D eigenvalue weighted by Gasteiger charge is 2.28. The molecule has 1 aromatic rings. The number of amides is 1. The van der Waals surface area contributed by atoms with Crippen LogP contribution in [-0.4, -0.2) is 5.91 Å². The predicted molar refractivity (Wildman–Crippen MR) is 62.5 cm³/mol. The summed E-state index contributed by atoms with van der Waals surface area (Å²) in [6.07, 6.45) is 9.21. The van der Waals surface area contributed by atoms with E-state index >= 15 is 0 Å². The fourth-order valence-electron chi connectivity index (χ4n) is 2.19. The van der Waals surface area contributed by atoms with E-state index in [0.717, 1.165) is 23.2 Å². The Balaban J connectivity index is 2.24. The summed E-state index contributed by atoms with van der Waals surface area (Å²) < 4.78 is 0. The molecule has 3 rings (SSSR count). The Kier molecular flexibility index (Phi) is 2.08. The smallest absolute Gasteiger partial charge is 0.246 e. The van der Waals surface area contributed by atoms with Crippen molar-refractivity contribution in [3.63, 3.8) is 0 Å². The molecule has 0 aromatic heterocycles. The number of hydrogen-bond donors (Lipinski definition) is 1. The predicted octanol–water partition coefficient (Wildman–Crippen LogP) is 1.63. The first kappa shape index (κ1) is 9.31. The van der Waals surface area contributed by atoms with Crippen molar-refractivity contribution in [3.8, 4) is 0 Å². The maximum absolute atomic E-state index is 11.9. The number of primary amides is 1. The van der Waals surface area contributed by atoms with Gasteiger partial charge in [-0.3, -0.25) is 0 Å². The molecular weight excluding hydrogens is 198 g/mol. The van der Waals surface area contributed by atoms with Crippen molar-refractivity contribution >= 4 is 11.5 Å². The fourth-order valence-corrected chi connectivity index (χ4v) is 2.19. The summed E-state index contributed by atoms with van der Waals surface area (Å²) in [7, 11) is 0. The van der Waals surface area contributed by atoms with E-state index in [9.17, 15) is 4.79 Å². The number of carbonyl (C=O) groups excluding carboxylic acids is 1. The van der Waals surface area contributed by atoms with E-state index in [1.165, 1.54) is 5.57 Å². The van der Waals surface area contributed by atoms with Crippen LogP contribution in [-0.2, 0) is 0 Å². The number of allylic oxidation sites excluding steroid dienone is 5. The molecular formula is C14H12NO+. The fraction of sp³-hybridized carbons (Fsp3) is 0.0714. The molecule has 0 fully saturated rings. The van der Waals surface area contributed by atoms with Gasteiger partial charge in [0.25, 0.3) is 0 Å². The zero-order valence-electron chi connectivity index (χ0n) is 8.81. The topological polar surface area (TPSA) is 33.7 Å². The molecule has 0 unspecified atom stereocenters. The monoisotopic (exact) mass is 210 g/mol. The van der Waals surface area contributed by atoms with Crippen LogP contribution in [0.3, 0.4) is 0 Å². The normalized spacial score (nSPS) is 18.1. The van der Waals surface area contributed by atoms with Gasteiger partial charge in [0.15, 0.2) is 0 Å². The van der Waals surface area contributed by atoms with Crippen molar-refractivity contribution in [2.45, 2.75) is 6.42 Å². The van der Waals surface area contributed by atoms with Crippen LogP contribution in [0.1, 0.15) is 22.3 Å². The molecule has 0 spiro atoms. The lowest BCUT2D eigenvalue weighted by molar-refractivity contribution is -0.496. The second-order valence-corrected chi connectivity index (χ2v) is 3.96. The summed E-state index contributed by atoms with van der Waals surface area (Å²) in [5.41, 5.74) is 4.08. The average Bonchev–Trinajstić information content (AvgIpc) is 2.55. The second kappa shape index (κ2) is 3.58. The molecule has 2 heteroatoms. The molecule has 0 atom stereocenters. The van der Waals surface area contributed by atoms with Crippen LogP contribution in [0.4, 0.5) is 0 Å². The summed E-state index contributed by atoms with van der Waals surface area (Å²) >= 11 is 0. The van der Waals surface area contributed by atoms with Gasteiger partial charge in [-0.1, -0.05) is 36.4 Å². The first-order chi connectivity index (χ1) is 7.86. The summed E-state index contributed by atoms with van der Waals surface area (Å²) in [6, 6.07) is 7.80. The summed E-state index contributed by atoms with van der Waals surface area (Å²) in [4.78, 5) is 11.9. The molecule has 0 saturated heterocycles. The molecule has 0 radical (unpaired) electrons. The van der Waals surface area contributed by atoms with Crippen molar-refractivity contribution < 1.29 is 10.1 Å². The molecule has 1 amide bonds. The van der Waals surface area contributed by atoms with E-state index in [-0.39, 0.29) is 5.91 Å². The molecule has 2 aliphatic rings. The van der Waals surface area contributed by atoms with Crippen LogP contribution in [0.5, 0.6) is 0 Å². The lowest BCUT2D eigenvalue weighted by atomic mass is 9.92. The van der Waals surface area contributed by atoms with Gasteiger partial charge in [-0.2, -0.15) is 0 Å². The van der Waals surface area contributed by atoms with Crippen molar-refractivity contribution in [2.75, 3.05) is 0 Å². The molecule has 2 nitrogen and oxygen atoms in total. The Morgan fingerprint density at radius 1 is 1.12 bits per heavy atom. The quantitative estimate of drug-likeness (QED) is 0.693. The van der Waals surface area contributed by atoms with Crippen molar-refractivity contribution in [3.05, 3.63) is 65.4 Å². The molecule has 0 saturated carbocycles. The summed E-state index contributed by atoms with van der Waals surface area (Å²) in [5, 5.41) is 1.73. The average molecular weight is 210 g/mol. The Hall–Kier alpha value is -1.93. The van der Waals surface area contributed by atoms with E-state index in [1.54, 1.807) is 5.32 Å². The standard InChI is InChI=1S/C14H11NO/c16-14-12-8-5-4-6-10(12)11-7-2-1-3-9-13(11)15-14/h1,3-9H,2H2,(H,15,16)/p+1. The van der Waals surface area contributed by atoms with Crippen LogP contribution in [0.2, 0.25) is 0 Å².